The van der Waals surface area contributed by atoms with Gasteiger partial charge in [0.2, 0.25) is 11.8 Å². The summed E-state index contributed by atoms with van der Waals surface area (Å²) in [6.07, 6.45) is 5.10. The molecule has 0 spiro atoms. The van der Waals surface area contributed by atoms with Crippen LogP contribution in [-0.4, -0.2) is 52.0 Å². The van der Waals surface area contributed by atoms with Crippen molar-refractivity contribution in [1.29, 1.82) is 0 Å². The van der Waals surface area contributed by atoms with Gasteiger partial charge in [0.25, 0.3) is 0 Å². The van der Waals surface area contributed by atoms with Crippen LogP contribution >= 0.6 is 0 Å². The molecule has 9 nitrogen and oxygen atoms in total. The summed E-state index contributed by atoms with van der Waals surface area (Å²) in [7, 11) is 0. The van der Waals surface area contributed by atoms with Gasteiger partial charge in [-0.1, -0.05) is 12.1 Å². The van der Waals surface area contributed by atoms with Gasteiger partial charge in [0.15, 0.2) is 0 Å². The van der Waals surface area contributed by atoms with Gasteiger partial charge in [0.05, 0.1) is 23.0 Å². The van der Waals surface area contributed by atoms with Crippen molar-refractivity contribution in [2.45, 2.75) is 37.5 Å². The fraction of sp³-hybridized carbons (Fsp3) is 0.333. The van der Waals surface area contributed by atoms with E-state index in [1.54, 1.807) is 18.5 Å². The van der Waals surface area contributed by atoms with Gasteiger partial charge in [0, 0.05) is 17.8 Å². The zero-order chi connectivity index (χ0) is 20.8. The van der Waals surface area contributed by atoms with E-state index in [4.69, 9.17) is 5.73 Å². The Morgan fingerprint density at radius 2 is 1.97 bits per heavy atom. The first-order chi connectivity index (χ1) is 14.5. The second kappa shape index (κ2) is 7.19. The van der Waals surface area contributed by atoms with Crippen LogP contribution in [0.25, 0.3) is 21.9 Å². The third-order valence-corrected chi connectivity index (χ3v) is 6.09. The molecule has 0 bridgehead atoms. The Bertz CT molecular complexity index is 1230. The minimum atomic E-state index is -0.910. The lowest BCUT2D eigenvalue weighted by Gasteiger charge is -2.19. The van der Waals surface area contributed by atoms with Crippen LogP contribution < -0.4 is 5.73 Å². The van der Waals surface area contributed by atoms with E-state index in [2.05, 4.69) is 19.9 Å². The van der Waals surface area contributed by atoms with Gasteiger partial charge in [-0.15, -0.1) is 0 Å². The Hall–Kier alpha value is -3.30. The highest BCUT2D eigenvalue weighted by molar-refractivity contribution is 5.81. The fourth-order valence-electron chi connectivity index (χ4n) is 4.48. The van der Waals surface area contributed by atoms with Crippen molar-refractivity contribution >= 4 is 27.9 Å². The maximum atomic E-state index is 10.7. The largest absolute Gasteiger partial charge is 0.493 e. The number of aliphatic hydroxyl groups excluding tert-OH is 2. The fourth-order valence-corrected chi connectivity index (χ4v) is 4.48. The zero-order valence-electron chi connectivity index (χ0n) is 16.1. The van der Waals surface area contributed by atoms with Gasteiger partial charge in [-0.3, -0.25) is 0 Å². The van der Waals surface area contributed by atoms with Crippen molar-refractivity contribution in [3.8, 4) is 5.88 Å². The van der Waals surface area contributed by atoms with Crippen molar-refractivity contribution < 1.29 is 15.3 Å². The van der Waals surface area contributed by atoms with Crippen molar-refractivity contribution in [1.82, 2.24) is 24.5 Å². The maximum absolute atomic E-state index is 10.7. The van der Waals surface area contributed by atoms with Gasteiger partial charge in [-0.2, -0.15) is 0 Å². The molecule has 5 N–H and O–H groups in total. The minimum absolute atomic E-state index is 0.0657. The summed E-state index contributed by atoms with van der Waals surface area (Å²) in [4.78, 5) is 16.3. The molecule has 0 unspecified atom stereocenters. The lowest BCUT2D eigenvalue weighted by Crippen LogP contribution is -2.29. The number of anilines is 1. The predicted molar refractivity (Wildman–Crippen MR) is 111 cm³/mol. The molecule has 1 aliphatic rings. The Morgan fingerprint density at radius 3 is 2.83 bits per heavy atom. The summed E-state index contributed by atoms with van der Waals surface area (Å²) in [5.41, 5.74) is 8.12. The van der Waals surface area contributed by atoms with Crippen LogP contribution in [-0.2, 0) is 6.42 Å². The molecule has 3 heterocycles. The normalized spacial score (nSPS) is 24.1. The SMILES string of the molecule is Nc1ncc2ccc(CC[C@H]3C[C@@H](n4ccc5c(O)ncnc54)[C@H](O)[C@@H]3O)cc2n1. The van der Waals surface area contributed by atoms with E-state index in [-0.39, 0.29) is 23.8 Å². The average Bonchev–Trinajstić information content (AvgIpc) is 3.29. The van der Waals surface area contributed by atoms with Crippen LogP contribution in [0.1, 0.15) is 24.4 Å². The number of nitrogen functional groups attached to an aromatic ring is 1. The molecule has 30 heavy (non-hydrogen) atoms. The van der Waals surface area contributed by atoms with E-state index < -0.39 is 12.2 Å². The van der Waals surface area contributed by atoms with E-state index in [1.807, 2.05) is 22.8 Å². The van der Waals surface area contributed by atoms with Crippen molar-refractivity contribution in [3.05, 3.63) is 48.5 Å². The molecule has 5 rings (SSSR count). The van der Waals surface area contributed by atoms with Gasteiger partial charge in [-0.05, 0) is 42.9 Å². The van der Waals surface area contributed by atoms with Gasteiger partial charge in [-0.25, -0.2) is 19.9 Å². The Morgan fingerprint density at radius 1 is 1.10 bits per heavy atom. The smallest absolute Gasteiger partial charge is 0.223 e. The lowest BCUT2D eigenvalue weighted by molar-refractivity contribution is 0.00545. The molecule has 1 aromatic carbocycles. The first kappa shape index (κ1) is 18.7. The first-order valence-corrected chi connectivity index (χ1v) is 9.89. The molecule has 1 saturated carbocycles. The second-order valence-corrected chi connectivity index (χ2v) is 7.86. The molecule has 9 heteroatoms. The molecule has 1 aliphatic carbocycles. The van der Waals surface area contributed by atoms with Gasteiger partial charge >= 0.3 is 0 Å². The minimum Gasteiger partial charge on any atom is -0.493 e. The Balaban J connectivity index is 1.34. The molecule has 0 saturated heterocycles. The summed E-state index contributed by atoms with van der Waals surface area (Å²) in [5, 5.41) is 32.7. The van der Waals surface area contributed by atoms with Gasteiger partial charge < -0.3 is 25.6 Å². The van der Waals surface area contributed by atoms with Crippen LogP contribution in [0.5, 0.6) is 5.88 Å². The number of hydrogen-bond donors (Lipinski definition) is 4. The summed E-state index contributed by atoms with van der Waals surface area (Å²) in [6.45, 7) is 0. The van der Waals surface area contributed by atoms with E-state index in [0.29, 0.717) is 17.5 Å². The number of aliphatic hydroxyl groups is 2. The number of nitrogens with two attached hydrogens (primary N) is 1. The van der Waals surface area contributed by atoms with Crippen molar-refractivity contribution in [3.63, 3.8) is 0 Å². The predicted octanol–water partition coefficient (Wildman–Crippen LogP) is 1.58. The molecule has 0 amide bonds. The standard InChI is InChI=1S/C21H22N6O3/c22-21-23-9-13-4-2-11(7-15(13)26-21)1-3-12-8-16(18(29)17(12)28)27-6-5-14-19(27)24-10-25-20(14)30/h2,4-7,9-10,12,16-18,28-29H,1,3,8H2,(H2,22,23,26)(H,24,25,30)/t12-,16+,17+,18-/m0/s1. The molecule has 4 aromatic rings. The zero-order valence-corrected chi connectivity index (χ0v) is 16.1. The van der Waals surface area contributed by atoms with Crippen LogP contribution in [0.3, 0.4) is 0 Å². The van der Waals surface area contributed by atoms with Crippen LogP contribution in [0.2, 0.25) is 0 Å². The monoisotopic (exact) mass is 406 g/mol. The molecule has 154 valence electrons. The number of aryl methyl sites for hydroxylation is 1. The number of rotatable bonds is 4. The number of benzene rings is 1. The van der Waals surface area contributed by atoms with Crippen molar-refractivity contribution in [2.24, 2.45) is 5.92 Å². The van der Waals surface area contributed by atoms with E-state index in [9.17, 15) is 15.3 Å². The third kappa shape index (κ3) is 3.12. The number of fused-ring (bicyclic) bond motifs is 2. The second-order valence-electron chi connectivity index (χ2n) is 7.86. The van der Waals surface area contributed by atoms with E-state index >= 15 is 0 Å². The van der Waals surface area contributed by atoms with E-state index in [1.165, 1.54) is 6.33 Å². The summed E-state index contributed by atoms with van der Waals surface area (Å²) < 4.78 is 1.82. The summed E-state index contributed by atoms with van der Waals surface area (Å²) in [6, 6.07) is 7.38. The molecule has 0 radical (unpaired) electrons. The molecule has 1 fully saturated rings. The highest BCUT2D eigenvalue weighted by atomic mass is 16.3. The number of aromatic hydroxyl groups is 1. The average molecular weight is 406 g/mol. The van der Waals surface area contributed by atoms with Gasteiger partial charge in [0.1, 0.15) is 18.1 Å². The van der Waals surface area contributed by atoms with E-state index in [0.717, 1.165) is 29.3 Å². The maximum Gasteiger partial charge on any atom is 0.223 e. The summed E-state index contributed by atoms with van der Waals surface area (Å²) >= 11 is 0. The first-order valence-electron chi connectivity index (χ1n) is 9.89. The Kier molecular flexibility index (Phi) is 4.48. The number of nitrogens with zero attached hydrogens (tertiary/aromatic N) is 5. The van der Waals surface area contributed by atoms with Crippen molar-refractivity contribution in [2.75, 3.05) is 5.73 Å². The van der Waals surface area contributed by atoms with Crippen LogP contribution in [0.15, 0.2) is 43.0 Å². The molecule has 3 aromatic heterocycles. The molecular weight excluding hydrogens is 384 g/mol. The highest BCUT2D eigenvalue weighted by Crippen LogP contribution is 2.40. The molecular formula is C21H22N6O3. The number of hydrogen-bond acceptors (Lipinski definition) is 8. The Labute approximate surface area is 171 Å². The molecule has 4 atom stereocenters. The molecule has 0 aliphatic heterocycles. The quantitative estimate of drug-likeness (QED) is 0.400. The lowest BCUT2D eigenvalue weighted by atomic mass is 9.95. The highest BCUT2D eigenvalue weighted by Gasteiger charge is 2.42. The van der Waals surface area contributed by atoms with Crippen LogP contribution in [0.4, 0.5) is 5.95 Å². The summed E-state index contributed by atoms with van der Waals surface area (Å²) in [5.74, 6) is 0.0822. The third-order valence-electron chi connectivity index (χ3n) is 6.09. The topological polar surface area (TPSA) is 143 Å². The number of aromatic nitrogens is 5. The van der Waals surface area contributed by atoms with Crippen LogP contribution in [0, 0.1) is 5.92 Å².